The summed E-state index contributed by atoms with van der Waals surface area (Å²) < 4.78 is 3.25. The number of rotatable bonds is 3. The number of carbonyl (C=O) groups is 1. The molecule has 0 unspecified atom stereocenters. The lowest BCUT2D eigenvalue weighted by Gasteiger charge is -2.06. The molecule has 1 aromatic heterocycles. The average molecular weight is 421 g/mol. The number of nitrogens with zero attached hydrogens (tertiary/aromatic N) is 2. The predicted octanol–water partition coefficient (Wildman–Crippen LogP) is 4.21. The number of halogens is 2. The van der Waals surface area contributed by atoms with Gasteiger partial charge in [-0.25, -0.2) is 4.68 Å². The molecular formula is C16H11Br2N3O. The molecule has 2 aromatic carbocycles. The van der Waals surface area contributed by atoms with Crippen molar-refractivity contribution in [1.82, 2.24) is 9.78 Å². The van der Waals surface area contributed by atoms with E-state index in [-0.39, 0.29) is 5.78 Å². The molecule has 0 aliphatic rings. The van der Waals surface area contributed by atoms with Gasteiger partial charge in [0.15, 0.2) is 5.78 Å². The van der Waals surface area contributed by atoms with Gasteiger partial charge < -0.3 is 5.73 Å². The average Bonchev–Trinajstić information content (AvgIpc) is 2.90. The maximum Gasteiger partial charge on any atom is 0.199 e. The summed E-state index contributed by atoms with van der Waals surface area (Å²) in [5.41, 5.74) is 7.86. The van der Waals surface area contributed by atoms with E-state index in [0.717, 1.165) is 14.6 Å². The van der Waals surface area contributed by atoms with Crippen LogP contribution in [0.2, 0.25) is 0 Å². The highest BCUT2D eigenvalue weighted by Gasteiger charge is 2.19. The lowest BCUT2D eigenvalue weighted by atomic mass is 10.1. The fourth-order valence-corrected chi connectivity index (χ4v) is 2.84. The van der Waals surface area contributed by atoms with E-state index < -0.39 is 0 Å². The minimum Gasteiger partial charge on any atom is -0.383 e. The number of hydrogen-bond donors (Lipinski definition) is 1. The molecule has 0 bridgehead atoms. The van der Waals surface area contributed by atoms with Crippen molar-refractivity contribution < 1.29 is 4.79 Å². The summed E-state index contributed by atoms with van der Waals surface area (Å²) in [7, 11) is 0. The quantitative estimate of drug-likeness (QED) is 0.645. The van der Waals surface area contributed by atoms with E-state index in [9.17, 15) is 4.79 Å². The van der Waals surface area contributed by atoms with E-state index in [1.165, 1.54) is 6.20 Å². The number of aromatic nitrogens is 2. The number of benzene rings is 2. The molecule has 0 saturated carbocycles. The normalized spacial score (nSPS) is 10.6. The van der Waals surface area contributed by atoms with Gasteiger partial charge in [-0.1, -0.05) is 44.0 Å². The fraction of sp³-hybridized carbons (Fsp3) is 0. The lowest BCUT2D eigenvalue weighted by Crippen LogP contribution is -2.07. The zero-order valence-electron chi connectivity index (χ0n) is 11.3. The molecule has 22 heavy (non-hydrogen) atoms. The van der Waals surface area contributed by atoms with Crippen LogP contribution in [0.25, 0.3) is 5.69 Å². The summed E-state index contributed by atoms with van der Waals surface area (Å²) in [5.74, 6) is 0.163. The van der Waals surface area contributed by atoms with Crippen molar-refractivity contribution in [3.8, 4) is 5.69 Å². The zero-order valence-corrected chi connectivity index (χ0v) is 14.5. The van der Waals surface area contributed by atoms with Gasteiger partial charge in [-0.05, 0) is 36.4 Å². The summed E-state index contributed by atoms with van der Waals surface area (Å²) >= 11 is 6.77. The maximum atomic E-state index is 12.6. The first-order valence-electron chi connectivity index (χ1n) is 6.46. The van der Waals surface area contributed by atoms with E-state index in [4.69, 9.17) is 5.73 Å². The Balaban J connectivity index is 2.02. The van der Waals surface area contributed by atoms with Gasteiger partial charge in [-0.3, -0.25) is 4.79 Å². The monoisotopic (exact) mass is 419 g/mol. The van der Waals surface area contributed by atoms with Crippen molar-refractivity contribution in [3.05, 3.63) is 74.8 Å². The van der Waals surface area contributed by atoms with Crippen molar-refractivity contribution >= 4 is 43.5 Å². The first-order valence-corrected chi connectivity index (χ1v) is 8.05. The van der Waals surface area contributed by atoms with Crippen molar-refractivity contribution in [2.24, 2.45) is 0 Å². The minimum atomic E-state index is -0.159. The van der Waals surface area contributed by atoms with Gasteiger partial charge in [0.25, 0.3) is 0 Å². The molecule has 0 aliphatic carbocycles. The molecule has 110 valence electrons. The van der Waals surface area contributed by atoms with Crippen molar-refractivity contribution in [1.29, 1.82) is 0 Å². The second kappa shape index (κ2) is 6.06. The number of nitrogen functional groups attached to an aromatic ring is 1. The van der Waals surface area contributed by atoms with Gasteiger partial charge in [-0.15, -0.1) is 0 Å². The number of hydrogen-bond acceptors (Lipinski definition) is 3. The van der Waals surface area contributed by atoms with Gasteiger partial charge in [-0.2, -0.15) is 5.10 Å². The topological polar surface area (TPSA) is 60.9 Å². The molecule has 1 heterocycles. The smallest absolute Gasteiger partial charge is 0.199 e. The van der Waals surface area contributed by atoms with E-state index in [1.54, 1.807) is 10.7 Å². The van der Waals surface area contributed by atoms with Gasteiger partial charge >= 0.3 is 0 Å². The van der Waals surface area contributed by atoms with Crippen LogP contribution in [-0.4, -0.2) is 15.6 Å². The Labute approximate surface area is 144 Å². The van der Waals surface area contributed by atoms with Crippen LogP contribution < -0.4 is 5.73 Å². The number of nitrogens with two attached hydrogens (primary N) is 1. The van der Waals surface area contributed by atoms with Crippen LogP contribution in [0.3, 0.4) is 0 Å². The van der Waals surface area contributed by atoms with Crippen molar-refractivity contribution in [2.45, 2.75) is 0 Å². The van der Waals surface area contributed by atoms with Crippen LogP contribution in [-0.2, 0) is 0 Å². The largest absolute Gasteiger partial charge is 0.383 e. The third kappa shape index (κ3) is 2.71. The molecule has 3 aromatic rings. The van der Waals surface area contributed by atoms with E-state index in [1.807, 2.05) is 42.5 Å². The van der Waals surface area contributed by atoms with Crippen molar-refractivity contribution in [2.75, 3.05) is 5.73 Å². The fourth-order valence-electron chi connectivity index (χ4n) is 2.11. The minimum absolute atomic E-state index is 0.159. The van der Waals surface area contributed by atoms with E-state index in [2.05, 4.69) is 37.0 Å². The highest BCUT2D eigenvalue weighted by atomic mass is 79.9. The molecule has 6 heteroatoms. The predicted molar refractivity (Wildman–Crippen MR) is 93.3 cm³/mol. The Morgan fingerprint density at radius 3 is 2.36 bits per heavy atom. The zero-order chi connectivity index (χ0) is 15.7. The Morgan fingerprint density at radius 2 is 1.68 bits per heavy atom. The van der Waals surface area contributed by atoms with E-state index >= 15 is 0 Å². The summed E-state index contributed by atoms with van der Waals surface area (Å²) in [6, 6.07) is 14.8. The van der Waals surface area contributed by atoms with Gasteiger partial charge in [0.1, 0.15) is 5.82 Å². The van der Waals surface area contributed by atoms with Crippen molar-refractivity contribution in [3.63, 3.8) is 0 Å². The second-order valence-corrected chi connectivity index (χ2v) is 6.41. The lowest BCUT2D eigenvalue weighted by molar-refractivity contribution is 0.103. The second-order valence-electron chi connectivity index (χ2n) is 4.64. The van der Waals surface area contributed by atoms with E-state index in [0.29, 0.717) is 16.9 Å². The first-order chi connectivity index (χ1) is 10.6. The number of ketones is 1. The highest BCUT2D eigenvalue weighted by Crippen LogP contribution is 2.24. The molecule has 0 amide bonds. The van der Waals surface area contributed by atoms with Crippen LogP contribution in [0.5, 0.6) is 0 Å². The summed E-state index contributed by atoms with van der Waals surface area (Å²) in [5, 5.41) is 4.23. The van der Waals surface area contributed by atoms with Gasteiger partial charge in [0.2, 0.25) is 0 Å². The molecule has 0 fully saturated rings. The molecule has 3 rings (SSSR count). The Kier molecular flexibility index (Phi) is 4.13. The van der Waals surface area contributed by atoms with Crippen LogP contribution in [0.4, 0.5) is 5.82 Å². The standard InChI is InChI=1S/C16H11Br2N3O/c17-10-5-7-11(8-6-10)21-16(19)13(9-20-21)15(22)12-3-1-2-4-14(12)18/h1-9H,19H2. The Bertz CT molecular complexity index is 841. The van der Waals surface area contributed by atoms with Crippen LogP contribution >= 0.6 is 31.9 Å². The molecule has 0 atom stereocenters. The highest BCUT2D eigenvalue weighted by molar-refractivity contribution is 9.10. The number of anilines is 1. The molecule has 2 N–H and O–H groups in total. The van der Waals surface area contributed by atoms with Crippen LogP contribution in [0, 0.1) is 0 Å². The Hall–Kier alpha value is -1.92. The number of carbonyl (C=O) groups excluding carboxylic acids is 1. The SMILES string of the molecule is Nc1c(C(=O)c2ccccc2Br)cnn1-c1ccc(Br)cc1. The molecule has 0 spiro atoms. The van der Waals surface area contributed by atoms with Crippen LogP contribution in [0.15, 0.2) is 63.7 Å². The van der Waals surface area contributed by atoms with Gasteiger partial charge in [0.05, 0.1) is 17.4 Å². The molecule has 0 saturated heterocycles. The maximum absolute atomic E-state index is 12.6. The van der Waals surface area contributed by atoms with Gasteiger partial charge in [0, 0.05) is 14.5 Å². The first kappa shape index (κ1) is 15.0. The molecule has 0 radical (unpaired) electrons. The Morgan fingerprint density at radius 1 is 1.00 bits per heavy atom. The summed E-state index contributed by atoms with van der Waals surface area (Å²) in [6.45, 7) is 0. The third-order valence-electron chi connectivity index (χ3n) is 3.24. The summed E-state index contributed by atoms with van der Waals surface area (Å²) in [6.07, 6.45) is 1.50. The van der Waals surface area contributed by atoms with Crippen LogP contribution in [0.1, 0.15) is 15.9 Å². The third-order valence-corrected chi connectivity index (χ3v) is 4.46. The molecule has 4 nitrogen and oxygen atoms in total. The molecule has 0 aliphatic heterocycles. The molecular weight excluding hydrogens is 410 g/mol. The summed E-state index contributed by atoms with van der Waals surface area (Å²) in [4.78, 5) is 12.6.